The number of ether oxygens (including phenoxy) is 1. The summed E-state index contributed by atoms with van der Waals surface area (Å²) in [5.41, 5.74) is 6.21. The van der Waals surface area contributed by atoms with Crippen molar-refractivity contribution >= 4 is 21.8 Å². The standard InChI is InChI=1S/C14H19BrF2N2O2/c1-8(2)5-11(18)13(20)19-7-9-6-10(15)3-4-12(9)21-14(16)17/h3-4,6,8,11,14H,5,7,18H2,1-2H3,(H,19,20)/t11-/m0/s1. The number of carbonyl (C=O) groups excluding carboxylic acids is 1. The second kappa shape index (κ2) is 8.29. The molecule has 0 aliphatic rings. The molecule has 21 heavy (non-hydrogen) atoms. The lowest BCUT2D eigenvalue weighted by atomic mass is 10.0. The van der Waals surface area contributed by atoms with Gasteiger partial charge < -0.3 is 15.8 Å². The summed E-state index contributed by atoms with van der Waals surface area (Å²) >= 11 is 3.25. The van der Waals surface area contributed by atoms with Crippen LogP contribution in [0.15, 0.2) is 22.7 Å². The number of rotatable bonds is 7. The topological polar surface area (TPSA) is 64.4 Å². The largest absolute Gasteiger partial charge is 0.434 e. The second-order valence-electron chi connectivity index (χ2n) is 5.08. The SMILES string of the molecule is CC(C)C[C@H](N)C(=O)NCc1cc(Br)ccc1OC(F)F. The zero-order valence-corrected chi connectivity index (χ0v) is 13.5. The Bertz CT molecular complexity index is 484. The molecule has 1 rings (SSSR count). The van der Waals surface area contributed by atoms with E-state index in [1.807, 2.05) is 13.8 Å². The highest BCUT2D eigenvalue weighted by Crippen LogP contribution is 2.24. The maximum absolute atomic E-state index is 12.3. The Kier molecular flexibility index (Phi) is 7.04. The van der Waals surface area contributed by atoms with Crippen LogP contribution in [-0.4, -0.2) is 18.6 Å². The summed E-state index contributed by atoms with van der Waals surface area (Å²) in [7, 11) is 0. The van der Waals surface area contributed by atoms with E-state index in [9.17, 15) is 13.6 Å². The van der Waals surface area contributed by atoms with Crippen LogP contribution in [0.25, 0.3) is 0 Å². The molecule has 118 valence electrons. The highest BCUT2D eigenvalue weighted by Gasteiger charge is 2.16. The molecule has 0 radical (unpaired) electrons. The molecule has 0 fully saturated rings. The van der Waals surface area contributed by atoms with E-state index in [-0.39, 0.29) is 18.2 Å². The fraction of sp³-hybridized carbons (Fsp3) is 0.500. The fourth-order valence-corrected chi connectivity index (χ4v) is 2.23. The number of benzene rings is 1. The minimum Gasteiger partial charge on any atom is -0.434 e. The van der Waals surface area contributed by atoms with Crippen molar-refractivity contribution in [2.45, 2.75) is 39.5 Å². The van der Waals surface area contributed by atoms with Crippen molar-refractivity contribution in [3.63, 3.8) is 0 Å². The summed E-state index contributed by atoms with van der Waals surface area (Å²) in [5.74, 6) is 0.0203. The third-order valence-electron chi connectivity index (χ3n) is 2.75. The third-order valence-corrected chi connectivity index (χ3v) is 3.25. The van der Waals surface area contributed by atoms with Crippen LogP contribution >= 0.6 is 15.9 Å². The van der Waals surface area contributed by atoms with Gasteiger partial charge in [0.2, 0.25) is 5.91 Å². The number of nitrogens with one attached hydrogen (secondary N) is 1. The Morgan fingerprint density at radius 1 is 1.43 bits per heavy atom. The van der Waals surface area contributed by atoms with E-state index in [1.165, 1.54) is 6.07 Å². The van der Waals surface area contributed by atoms with Crippen LogP contribution < -0.4 is 15.8 Å². The molecule has 0 saturated heterocycles. The zero-order chi connectivity index (χ0) is 16.0. The van der Waals surface area contributed by atoms with E-state index in [4.69, 9.17) is 5.73 Å². The van der Waals surface area contributed by atoms with E-state index in [1.54, 1.807) is 12.1 Å². The minimum absolute atomic E-state index is 0.0333. The van der Waals surface area contributed by atoms with Gasteiger partial charge in [0.15, 0.2) is 0 Å². The molecule has 1 aromatic rings. The minimum atomic E-state index is -2.91. The molecule has 1 amide bonds. The van der Waals surface area contributed by atoms with Gasteiger partial charge in [-0.15, -0.1) is 0 Å². The predicted octanol–water partition coefficient (Wildman–Crippen LogP) is 3.04. The fourth-order valence-electron chi connectivity index (χ4n) is 1.83. The van der Waals surface area contributed by atoms with Gasteiger partial charge in [-0.2, -0.15) is 8.78 Å². The van der Waals surface area contributed by atoms with Gasteiger partial charge in [-0.3, -0.25) is 4.79 Å². The van der Waals surface area contributed by atoms with Crippen LogP contribution in [0.4, 0.5) is 8.78 Å². The predicted molar refractivity (Wildman–Crippen MR) is 80.1 cm³/mol. The second-order valence-corrected chi connectivity index (χ2v) is 6.00. The number of amides is 1. The van der Waals surface area contributed by atoms with Gasteiger partial charge >= 0.3 is 6.61 Å². The van der Waals surface area contributed by atoms with Gasteiger partial charge in [-0.05, 0) is 30.5 Å². The molecule has 0 saturated carbocycles. The first-order chi connectivity index (χ1) is 9.79. The molecule has 0 bridgehead atoms. The Hall–Kier alpha value is -1.21. The number of carbonyl (C=O) groups is 1. The number of hydrogen-bond donors (Lipinski definition) is 2. The van der Waals surface area contributed by atoms with Gasteiger partial charge in [0.05, 0.1) is 6.04 Å². The Balaban J connectivity index is 2.69. The summed E-state index contributed by atoms with van der Waals surface area (Å²) in [4.78, 5) is 11.8. The van der Waals surface area contributed by atoms with Crippen molar-refractivity contribution in [1.29, 1.82) is 0 Å². The molecule has 3 N–H and O–H groups in total. The molecule has 0 heterocycles. The van der Waals surface area contributed by atoms with E-state index >= 15 is 0 Å². The molecular weight excluding hydrogens is 346 g/mol. The molecule has 0 spiro atoms. The Morgan fingerprint density at radius 2 is 2.10 bits per heavy atom. The summed E-state index contributed by atoms with van der Waals surface area (Å²) < 4.78 is 29.8. The van der Waals surface area contributed by atoms with Gasteiger partial charge in [0.1, 0.15) is 5.75 Å². The highest BCUT2D eigenvalue weighted by molar-refractivity contribution is 9.10. The number of hydrogen-bond acceptors (Lipinski definition) is 3. The molecule has 0 aliphatic carbocycles. The maximum Gasteiger partial charge on any atom is 0.387 e. The first-order valence-electron chi connectivity index (χ1n) is 6.56. The van der Waals surface area contributed by atoms with Gasteiger partial charge in [0, 0.05) is 16.6 Å². The lowest BCUT2D eigenvalue weighted by Gasteiger charge is -2.16. The molecule has 0 aliphatic heterocycles. The van der Waals surface area contributed by atoms with Crippen molar-refractivity contribution in [1.82, 2.24) is 5.32 Å². The number of alkyl halides is 2. The number of nitrogens with two attached hydrogens (primary N) is 1. The number of halogens is 3. The molecule has 7 heteroatoms. The third kappa shape index (κ3) is 6.39. The first-order valence-corrected chi connectivity index (χ1v) is 7.35. The van der Waals surface area contributed by atoms with Crippen LogP contribution in [-0.2, 0) is 11.3 Å². The highest BCUT2D eigenvalue weighted by atomic mass is 79.9. The Labute approximate surface area is 131 Å². The van der Waals surface area contributed by atoms with Crippen LogP contribution in [0.5, 0.6) is 5.75 Å². The average molecular weight is 365 g/mol. The van der Waals surface area contributed by atoms with Crippen LogP contribution in [0.2, 0.25) is 0 Å². The normalized spacial score (nSPS) is 12.6. The van der Waals surface area contributed by atoms with Crippen molar-refractivity contribution < 1.29 is 18.3 Å². The molecule has 4 nitrogen and oxygen atoms in total. The van der Waals surface area contributed by atoms with Crippen LogP contribution in [0.3, 0.4) is 0 Å². The maximum atomic E-state index is 12.3. The van der Waals surface area contributed by atoms with Gasteiger partial charge in [0.25, 0.3) is 0 Å². The molecule has 0 aromatic heterocycles. The van der Waals surface area contributed by atoms with Crippen molar-refractivity contribution in [2.75, 3.05) is 0 Å². The molecule has 1 atom stereocenters. The van der Waals surface area contributed by atoms with Crippen molar-refractivity contribution in [2.24, 2.45) is 11.7 Å². The lowest BCUT2D eigenvalue weighted by molar-refractivity contribution is -0.122. The Morgan fingerprint density at radius 3 is 2.67 bits per heavy atom. The van der Waals surface area contributed by atoms with Crippen molar-refractivity contribution in [3.05, 3.63) is 28.2 Å². The summed E-state index contributed by atoms with van der Waals surface area (Å²) in [5, 5.41) is 2.64. The van der Waals surface area contributed by atoms with Crippen LogP contribution in [0.1, 0.15) is 25.8 Å². The zero-order valence-electron chi connectivity index (χ0n) is 11.9. The quantitative estimate of drug-likeness (QED) is 0.781. The lowest BCUT2D eigenvalue weighted by Crippen LogP contribution is -2.41. The van der Waals surface area contributed by atoms with E-state index in [2.05, 4.69) is 26.0 Å². The van der Waals surface area contributed by atoms with Crippen LogP contribution in [0, 0.1) is 5.92 Å². The summed E-state index contributed by atoms with van der Waals surface area (Å²) in [6.07, 6.45) is 0.560. The van der Waals surface area contributed by atoms with E-state index < -0.39 is 12.7 Å². The van der Waals surface area contributed by atoms with Gasteiger partial charge in [-0.25, -0.2) is 0 Å². The average Bonchev–Trinajstić information content (AvgIpc) is 2.37. The first kappa shape index (κ1) is 17.8. The van der Waals surface area contributed by atoms with Crippen molar-refractivity contribution in [3.8, 4) is 5.75 Å². The molecular formula is C14H19BrF2N2O2. The van der Waals surface area contributed by atoms with E-state index in [0.717, 1.165) is 0 Å². The molecule has 1 aromatic carbocycles. The smallest absolute Gasteiger partial charge is 0.387 e. The monoisotopic (exact) mass is 364 g/mol. The molecule has 0 unspecified atom stereocenters. The summed E-state index contributed by atoms with van der Waals surface area (Å²) in [6.45, 7) is 1.10. The summed E-state index contributed by atoms with van der Waals surface area (Å²) in [6, 6.07) is 4.02. The van der Waals surface area contributed by atoms with Gasteiger partial charge in [-0.1, -0.05) is 29.8 Å². The van der Waals surface area contributed by atoms with E-state index in [0.29, 0.717) is 22.4 Å².